The van der Waals surface area contributed by atoms with Crippen LogP contribution < -0.4 is 9.47 Å². The lowest BCUT2D eigenvalue weighted by Gasteiger charge is -2.35. The molecule has 0 aromatic heterocycles. The maximum atomic E-state index is 11.9. The van der Waals surface area contributed by atoms with Crippen LogP contribution in [0.15, 0.2) is 36.4 Å². The smallest absolute Gasteiger partial charge is 0.306 e. The van der Waals surface area contributed by atoms with E-state index in [4.69, 9.17) is 21.1 Å². The molecule has 2 aromatic rings. The number of hydrogen-bond donors (Lipinski definition) is 1. The Kier molecular flexibility index (Phi) is 10.1. The molecule has 1 saturated heterocycles. The zero-order chi connectivity index (χ0) is 28.8. The SMILES string of the molecule is COc1cc(CN(CC2CCC(C(=O)O)CC2)C(C)c2ccc(Cl)c(C)c2)ccc1OCCN1C(=O)CCC1=O. The normalized spacial score (nSPS) is 20.2. The maximum Gasteiger partial charge on any atom is 0.306 e. The third-order valence-electron chi connectivity index (χ3n) is 8.24. The molecular weight excluding hydrogens is 532 g/mol. The van der Waals surface area contributed by atoms with Gasteiger partial charge in [0.05, 0.1) is 19.6 Å². The molecule has 216 valence electrons. The first-order valence-corrected chi connectivity index (χ1v) is 14.4. The zero-order valence-corrected chi connectivity index (χ0v) is 24.3. The minimum Gasteiger partial charge on any atom is -0.493 e. The first kappa shape index (κ1) is 29.9. The van der Waals surface area contributed by atoms with Gasteiger partial charge in [-0.1, -0.05) is 29.8 Å². The Bertz CT molecular complexity index is 1210. The molecule has 8 nitrogen and oxygen atoms in total. The summed E-state index contributed by atoms with van der Waals surface area (Å²) in [6.45, 7) is 6.16. The number of ether oxygens (including phenoxy) is 2. The quantitative estimate of drug-likeness (QED) is 0.330. The standard InChI is InChI=1S/C31H39ClN2O6/c1-20-16-25(9-10-26(20)32)21(2)33(18-22-4-7-24(8-5-22)31(37)38)19-23-6-11-27(28(17-23)39-3)40-15-14-34-29(35)12-13-30(34)36/h6,9-11,16-17,21-22,24H,4-5,7-8,12-15,18-19H2,1-3H3,(H,37,38). The lowest BCUT2D eigenvalue weighted by atomic mass is 9.81. The van der Waals surface area contributed by atoms with Crippen LogP contribution in [0.3, 0.4) is 0 Å². The largest absolute Gasteiger partial charge is 0.493 e. The summed E-state index contributed by atoms with van der Waals surface area (Å²) in [6, 6.07) is 12.1. The molecule has 2 aliphatic rings. The Morgan fingerprint density at radius 3 is 2.40 bits per heavy atom. The molecule has 1 saturated carbocycles. The van der Waals surface area contributed by atoms with E-state index in [0.717, 1.165) is 48.4 Å². The van der Waals surface area contributed by atoms with Crippen molar-refractivity contribution in [2.45, 2.75) is 65.0 Å². The highest BCUT2D eigenvalue weighted by molar-refractivity contribution is 6.31. The first-order valence-electron chi connectivity index (χ1n) is 14.0. The zero-order valence-electron chi connectivity index (χ0n) is 23.5. The predicted octanol–water partition coefficient (Wildman–Crippen LogP) is 5.64. The number of aliphatic carboxylic acids is 1. The van der Waals surface area contributed by atoms with Gasteiger partial charge in [0.1, 0.15) is 6.61 Å². The first-order chi connectivity index (χ1) is 19.2. The predicted molar refractivity (Wildman–Crippen MR) is 153 cm³/mol. The van der Waals surface area contributed by atoms with Crippen molar-refractivity contribution < 1.29 is 29.0 Å². The topological polar surface area (TPSA) is 96.4 Å². The van der Waals surface area contributed by atoms with E-state index in [1.165, 1.54) is 10.5 Å². The van der Waals surface area contributed by atoms with Gasteiger partial charge in [0, 0.05) is 37.0 Å². The van der Waals surface area contributed by atoms with Crippen molar-refractivity contribution in [3.05, 3.63) is 58.1 Å². The van der Waals surface area contributed by atoms with Crippen LogP contribution >= 0.6 is 11.6 Å². The van der Waals surface area contributed by atoms with Crippen LogP contribution in [0.5, 0.6) is 11.5 Å². The fourth-order valence-electron chi connectivity index (χ4n) is 5.71. The molecular formula is C31H39ClN2O6. The Hall–Kier alpha value is -3.10. The van der Waals surface area contributed by atoms with Gasteiger partial charge >= 0.3 is 5.97 Å². The summed E-state index contributed by atoms with van der Waals surface area (Å²) in [5.74, 6) is 0.341. The number of imide groups is 1. The summed E-state index contributed by atoms with van der Waals surface area (Å²) in [5.41, 5.74) is 3.28. The molecule has 0 bridgehead atoms. The van der Waals surface area contributed by atoms with Gasteiger partial charge in [-0.05, 0) is 80.3 Å². The summed E-state index contributed by atoms with van der Waals surface area (Å²) in [5, 5.41) is 10.2. The van der Waals surface area contributed by atoms with Crippen molar-refractivity contribution in [3.8, 4) is 11.5 Å². The van der Waals surface area contributed by atoms with E-state index in [0.29, 0.717) is 24.0 Å². The number of aryl methyl sites for hydroxylation is 1. The molecule has 0 spiro atoms. The van der Waals surface area contributed by atoms with Crippen LogP contribution in [0.2, 0.25) is 5.02 Å². The lowest BCUT2D eigenvalue weighted by molar-refractivity contribution is -0.143. The van der Waals surface area contributed by atoms with Crippen molar-refractivity contribution in [3.63, 3.8) is 0 Å². The number of benzene rings is 2. The molecule has 1 aliphatic carbocycles. The molecule has 40 heavy (non-hydrogen) atoms. The summed E-state index contributed by atoms with van der Waals surface area (Å²) in [6.07, 6.45) is 3.77. The number of likely N-dealkylation sites (tertiary alicyclic amines) is 1. The average molecular weight is 571 g/mol. The molecule has 1 unspecified atom stereocenters. The van der Waals surface area contributed by atoms with Crippen molar-refractivity contribution >= 4 is 29.4 Å². The summed E-state index contributed by atoms with van der Waals surface area (Å²) >= 11 is 6.30. The molecule has 1 N–H and O–H groups in total. The van der Waals surface area contributed by atoms with E-state index >= 15 is 0 Å². The van der Waals surface area contributed by atoms with Crippen LogP contribution in [0.4, 0.5) is 0 Å². The fourth-order valence-corrected chi connectivity index (χ4v) is 5.82. The van der Waals surface area contributed by atoms with E-state index in [2.05, 4.69) is 24.0 Å². The van der Waals surface area contributed by atoms with E-state index in [1.54, 1.807) is 7.11 Å². The number of methoxy groups -OCH3 is 1. The molecule has 0 radical (unpaired) electrons. The number of halogens is 1. The van der Waals surface area contributed by atoms with E-state index < -0.39 is 5.97 Å². The maximum absolute atomic E-state index is 11.9. The van der Waals surface area contributed by atoms with Crippen molar-refractivity contribution in [1.29, 1.82) is 0 Å². The van der Waals surface area contributed by atoms with Crippen molar-refractivity contribution in [2.75, 3.05) is 26.8 Å². The molecule has 1 aliphatic heterocycles. The van der Waals surface area contributed by atoms with Crippen molar-refractivity contribution in [2.24, 2.45) is 11.8 Å². The number of carboxylic acids is 1. The van der Waals surface area contributed by atoms with E-state index in [1.807, 2.05) is 31.2 Å². The average Bonchev–Trinajstić information content (AvgIpc) is 3.27. The molecule has 2 fully saturated rings. The number of carboxylic acid groups (broad SMARTS) is 1. The van der Waals surface area contributed by atoms with Gasteiger partial charge in [0.15, 0.2) is 11.5 Å². The van der Waals surface area contributed by atoms with Gasteiger partial charge in [-0.15, -0.1) is 0 Å². The van der Waals surface area contributed by atoms with Gasteiger partial charge in [0.2, 0.25) is 11.8 Å². The third-order valence-corrected chi connectivity index (χ3v) is 8.67. The van der Waals surface area contributed by atoms with Gasteiger partial charge in [0.25, 0.3) is 0 Å². The van der Waals surface area contributed by atoms with Crippen LogP contribution in [-0.2, 0) is 20.9 Å². The van der Waals surface area contributed by atoms with Crippen LogP contribution in [0, 0.1) is 18.8 Å². The third kappa shape index (κ3) is 7.34. The Morgan fingerprint density at radius 1 is 1.07 bits per heavy atom. The second-order valence-corrected chi connectivity index (χ2v) is 11.3. The summed E-state index contributed by atoms with van der Waals surface area (Å²) in [4.78, 5) is 38.9. The molecule has 1 heterocycles. The minimum absolute atomic E-state index is 0.116. The lowest BCUT2D eigenvalue weighted by Crippen LogP contribution is -2.34. The number of nitrogens with zero attached hydrogens (tertiary/aromatic N) is 2. The second kappa shape index (κ2) is 13.5. The number of rotatable bonds is 12. The highest BCUT2D eigenvalue weighted by atomic mass is 35.5. The van der Waals surface area contributed by atoms with Crippen LogP contribution in [0.1, 0.15) is 68.2 Å². The second-order valence-electron chi connectivity index (χ2n) is 10.9. The van der Waals surface area contributed by atoms with E-state index in [9.17, 15) is 19.5 Å². The summed E-state index contributed by atoms with van der Waals surface area (Å²) in [7, 11) is 1.59. The number of amides is 2. The number of carbonyl (C=O) groups excluding carboxylic acids is 2. The number of carbonyl (C=O) groups is 3. The van der Waals surface area contributed by atoms with Gasteiger partial charge in [-0.25, -0.2) is 0 Å². The van der Waals surface area contributed by atoms with Crippen LogP contribution in [0.25, 0.3) is 0 Å². The van der Waals surface area contributed by atoms with E-state index in [-0.39, 0.29) is 49.8 Å². The Labute approximate surface area is 241 Å². The molecule has 2 aromatic carbocycles. The van der Waals surface area contributed by atoms with Gasteiger partial charge in [-0.2, -0.15) is 0 Å². The Morgan fingerprint density at radius 2 is 1.77 bits per heavy atom. The highest BCUT2D eigenvalue weighted by Gasteiger charge is 2.30. The molecule has 4 rings (SSSR count). The van der Waals surface area contributed by atoms with Crippen LogP contribution in [-0.4, -0.2) is 59.5 Å². The monoisotopic (exact) mass is 570 g/mol. The Balaban J connectivity index is 1.47. The summed E-state index contributed by atoms with van der Waals surface area (Å²) < 4.78 is 11.5. The molecule has 1 atom stereocenters. The van der Waals surface area contributed by atoms with Crippen molar-refractivity contribution in [1.82, 2.24) is 9.80 Å². The minimum atomic E-state index is -0.687. The van der Waals surface area contributed by atoms with Gasteiger partial charge < -0.3 is 14.6 Å². The molecule has 2 amide bonds. The molecule has 9 heteroatoms. The number of hydrogen-bond acceptors (Lipinski definition) is 6. The highest BCUT2D eigenvalue weighted by Crippen LogP contribution is 2.34. The fraction of sp³-hybridized carbons (Fsp3) is 0.516. The van der Waals surface area contributed by atoms with Gasteiger partial charge in [-0.3, -0.25) is 24.2 Å².